The molecular weight excluding hydrogens is 234 g/mol. The number of hydrogen-bond acceptors (Lipinski definition) is 4. The van der Waals surface area contributed by atoms with E-state index in [0.29, 0.717) is 13.0 Å². The van der Waals surface area contributed by atoms with E-state index in [9.17, 15) is 14.7 Å². The molecule has 0 saturated carbocycles. The smallest absolute Gasteiger partial charge is 0.344 e. The van der Waals surface area contributed by atoms with E-state index in [1.54, 1.807) is 27.7 Å². The van der Waals surface area contributed by atoms with Crippen LogP contribution in [-0.4, -0.2) is 39.6 Å². The Kier molecular flexibility index (Phi) is 3.90. The van der Waals surface area contributed by atoms with Crippen molar-refractivity contribution in [3.05, 3.63) is 0 Å². The lowest BCUT2D eigenvalue weighted by molar-refractivity contribution is -0.175. The van der Waals surface area contributed by atoms with Crippen molar-refractivity contribution in [1.29, 1.82) is 0 Å². The van der Waals surface area contributed by atoms with E-state index >= 15 is 0 Å². The molecule has 1 atom stereocenters. The monoisotopic (exact) mass is 253 g/mol. The van der Waals surface area contributed by atoms with E-state index in [0.717, 1.165) is 0 Å². The molecule has 0 spiro atoms. The molecule has 1 fully saturated rings. The Labute approximate surface area is 107 Å². The van der Waals surface area contributed by atoms with Gasteiger partial charge in [0.05, 0.1) is 0 Å². The Balaban J connectivity index is 3.10. The van der Waals surface area contributed by atoms with Gasteiger partial charge in [0.1, 0.15) is 5.60 Å². The number of carboxylic acids is 1. The fraction of sp³-hybridized carbons (Fsp3) is 0.692. The van der Waals surface area contributed by atoms with Gasteiger partial charge in [-0.1, -0.05) is 5.92 Å². The molecule has 0 bridgehead atoms. The van der Waals surface area contributed by atoms with Gasteiger partial charge in [0.2, 0.25) is 5.54 Å². The molecule has 0 unspecified atom stereocenters. The summed E-state index contributed by atoms with van der Waals surface area (Å²) in [5, 5.41) is 9.42. The van der Waals surface area contributed by atoms with Crippen molar-refractivity contribution in [3.8, 4) is 12.0 Å². The molecule has 5 nitrogen and oxygen atoms in total. The van der Waals surface area contributed by atoms with Crippen molar-refractivity contribution in [1.82, 2.24) is 4.90 Å². The second-order valence-corrected chi connectivity index (χ2v) is 5.28. The molecule has 0 aromatic heterocycles. The van der Waals surface area contributed by atoms with Crippen molar-refractivity contribution >= 4 is 11.9 Å². The van der Waals surface area contributed by atoms with Gasteiger partial charge in [0.15, 0.2) is 0 Å². The summed E-state index contributed by atoms with van der Waals surface area (Å²) < 4.78 is 5.23. The molecule has 1 heterocycles. The third-order valence-electron chi connectivity index (χ3n) is 2.72. The van der Waals surface area contributed by atoms with Gasteiger partial charge >= 0.3 is 11.9 Å². The van der Waals surface area contributed by atoms with E-state index in [-0.39, 0.29) is 6.42 Å². The summed E-state index contributed by atoms with van der Waals surface area (Å²) in [4.78, 5) is 25.1. The maximum absolute atomic E-state index is 12.2. The van der Waals surface area contributed by atoms with E-state index in [2.05, 4.69) is 12.0 Å². The first-order valence-electron chi connectivity index (χ1n) is 5.91. The highest BCUT2D eigenvalue weighted by atomic mass is 16.6. The highest BCUT2D eigenvalue weighted by Crippen LogP contribution is 2.32. The number of carbonyl (C=O) groups is 2. The van der Waals surface area contributed by atoms with Crippen LogP contribution in [0.4, 0.5) is 0 Å². The Morgan fingerprint density at radius 3 is 2.44 bits per heavy atom. The van der Waals surface area contributed by atoms with Gasteiger partial charge in [-0.15, -0.1) is 0 Å². The molecule has 0 aliphatic carbocycles. The minimum absolute atomic E-state index is 0.228. The summed E-state index contributed by atoms with van der Waals surface area (Å²) >= 11 is 0. The zero-order valence-electron chi connectivity index (χ0n) is 11.2. The van der Waals surface area contributed by atoms with Crippen LogP contribution in [0.15, 0.2) is 0 Å². The minimum atomic E-state index is -1.66. The maximum atomic E-state index is 12.2. The van der Waals surface area contributed by atoms with Gasteiger partial charge in [-0.2, -0.15) is 0 Å². The number of ether oxygens (including phenoxy) is 1. The number of hydrogen-bond donors (Lipinski definition) is 1. The molecule has 1 rings (SSSR count). The summed E-state index contributed by atoms with van der Waals surface area (Å²) in [5.41, 5.74) is -2.37. The van der Waals surface area contributed by atoms with E-state index in [1.165, 1.54) is 4.90 Å². The Morgan fingerprint density at radius 1 is 1.39 bits per heavy atom. The number of esters is 1. The predicted molar refractivity (Wildman–Crippen MR) is 65.6 cm³/mol. The third-order valence-corrected chi connectivity index (χ3v) is 2.72. The fourth-order valence-corrected chi connectivity index (χ4v) is 1.99. The third kappa shape index (κ3) is 2.58. The van der Waals surface area contributed by atoms with E-state index < -0.39 is 23.1 Å². The zero-order chi connectivity index (χ0) is 14.0. The maximum Gasteiger partial charge on any atom is 0.344 e. The molecular formula is C13H19NO4. The Bertz CT molecular complexity index is 413. The highest BCUT2D eigenvalue weighted by Gasteiger charge is 2.56. The summed E-state index contributed by atoms with van der Waals surface area (Å²) in [6, 6.07) is 2.69. The molecule has 1 aliphatic rings. The van der Waals surface area contributed by atoms with Crippen LogP contribution < -0.4 is 0 Å². The molecule has 0 aromatic rings. The average molecular weight is 253 g/mol. The van der Waals surface area contributed by atoms with Crippen molar-refractivity contribution in [2.45, 2.75) is 51.7 Å². The predicted octanol–water partition coefficient (Wildman–Crippen LogP) is 1.23. The van der Waals surface area contributed by atoms with Crippen LogP contribution in [0.1, 0.15) is 40.5 Å². The number of carbonyl (C=O) groups excluding carboxylic acids is 1. The number of nitrogens with zero attached hydrogens (tertiary/aromatic N) is 1. The molecule has 1 N–H and O–H groups in total. The van der Waals surface area contributed by atoms with Gasteiger partial charge in [-0.25, -0.2) is 9.59 Å². The van der Waals surface area contributed by atoms with Crippen LogP contribution in [0.25, 0.3) is 0 Å². The molecule has 0 amide bonds. The number of aliphatic carboxylic acids is 1. The molecule has 1 aliphatic heterocycles. The summed E-state index contributed by atoms with van der Waals surface area (Å²) in [6.45, 7) is 7.22. The largest absolute Gasteiger partial charge is 0.479 e. The van der Waals surface area contributed by atoms with Crippen LogP contribution in [0.5, 0.6) is 0 Å². The van der Waals surface area contributed by atoms with E-state index in [4.69, 9.17) is 4.74 Å². The lowest BCUT2D eigenvalue weighted by atomic mass is 9.96. The fourth-order valence-electron chi connectivity index (χ4n) is 1.99. The van der Waals surface area contributed by atoms with Crippen LogP contribution in [0.3, 0.4) is 0 Å². The number of rotatable bonds is 2. The van der Waals surface area contributed by atoms with Crippen LogP contribution in [-0.2, 0) is 14.3 Å². The second-order valence-electron chi connectivity index (χ2n) is 5.28. The lowest BCUT2D eigenvalue weighted by Gasteiger charge is -2.32. The molecule has 100 valence electrons. The Hall–Kier alpha value is -1.70. The molecule has 18 heavy (non-hydrogen) atoms. The lowest BCUT2D eigenvalue weighted by Crippen LogP contribution is -2.56. The Morgan fingerprint density at radius 2 is 2.00 bits per heavy atom. The minimum Gasteiger partial charge on any atom is -0.479 e. The first-order valence-corrected chi connectivity index (χ1v) is 5.91. The van der Waals surface area contributed by atoms with Gasteiger partial charge in [0.25, 0.3) is 0 Å². The quantitative estimate of drug-likeness (QED) is 0.455. The van der Waals surface area contributed by atoms with Crippen molar-refractivity contribution in [2.75, 3.05) is 6.54 Å². The molecule has 0 radical (unpaired) electrons. The summed E-state index contributed by atoms with van der Waals surface area (Å²) in [5.74, 6) is 0.711. The van der Waals surface area contributed by atoms with Gasteiger partial charge in [-0.3, -0.25) is 0 Å². The normalized spacial score (nSPS) is 23.2. The standard InChI is InChI=1S/C13H19NO4/c1-5-8-14-9-6-7-13(14,10(15)16)11(17)18-12(2,3)4/h6-7,9H2,1-4H3,(H,15,16)/t13-/m1/s1. The average Bonchev–Trinajstić information content (AvgIpc) is 2.60. The van der Waals surface area contributed by atoms with Crippen LogP contribution >= 0.6 is 0 Å². The van der Waals surface area contributed by atoms with Crippen molar-refractivity contribution in [2.24, 2.45) is 0 Å². The number of carboxylic acid groups (broad SMARTS) is 1. The van der Waals surface area contributed by atoms with Crippen LogP contribution in [0, 0.1) is 12.0 Å². The first kappa shape index (κ1) is 14.4. The zero-order valence-corrected chi connectivity index (χ0v) is 11.2. The molecule has 1 saturated heterocycles. The SMILES string of the molecule is CC#CN1CCC[C@@]1(C(=O)O)C(=O)OC(C)(C)C. The van der Waals surface area contributed by atoms with Crippen molar-refractivity contribution in [3.63, 3.8) is 0 Å². The van der Waals surface area contributed by atoms with Gasteiger partial charge < -0.3 is 14.7 Å². The van der Waals surface area contributed by atoms with Gasteiger partial charge in [0, 0.05) is 12.6 Å². The summed E-state index contributed by atoms with van der Waals surface area (Å²) in [6.07, 6.45) is 0.839. The summed E-state index contributed by atoms with van der Waals surface area (Å²) in [7, 11) is 0. The number of likely N-dealkylation sites (tertiary alicyclic amines) is 1. The molecule has 5 heteroatoms. The molecule has 0 aromatic carbocycles. The van der Waals surface area contributed by atoms with Crippen molar-refractivity contribution < 1.29 is 19.4 Å². The van der Waals surface area contributed by atoms with E-state index in [1.807, 2.05) is 0 Å². The highest BCUT2D eigenvalue weighted by molar-refractivity contribution is 6.04. The van der Waals surface area contributed by atoms with Crippen LogP contribution in [0.2, 0.25) is 0 Å². The second kappa shape index (κ2) is 4.89. The topological polar surface area (TPSA) is 66.8 Å². The first-order chi connectivity index (χ1) is 8.24. The van der Waals surface area contributed by atoms with Gasteiger partial charge in [-0.05, 0) is 40.5 Å².